The van der Waals surface area contributed by atoms with E-state index in [9.17, 15) is 10.1 Å². The van der Waals surface area contributed by atoms with Crippen molar-refractivity contribution in [3.05, 3.63) is 79.1 Å². The second-order valence-corrected chi connectivity index (χ2v) is 6.46. The van der Waals surface area contributed by atoms with Gasteiger partial charge in [-0.05, 0) is 36.1 Å². The summed E-state index contributed by atoms with van der Waals surface area (Å²) >= 11 is 7.34. The van der Waals surface area contributed by atoms with Crippen LogP contribution in [0.15, 0.2) is 53.4 Å². The first-order valence-corrected chi connectivity index (χ1v) is 8.94. The highest BCUT2D eigenvalue weighted by molar-refractivity contribution is 7.10. The van der Waals surface area contributed by atoms with Gasteiger partial charge in [0.25, 0.3) is 0 Å². The quantitative estimate of drug-likeness (QED) is 0.325. The number of hydrogen-bond donors (Lipinski definition) is 1. The molecule has 0 amide bonds. The van der Waals surface area contributed by atoms with Crippen molar-refractivity contribution in [3.63, 3.8) is 0 Å². The Balaban J connectivity index is 2.33. The van der Waals surface area contributed by atoms with Gasteiger partial charge in [0.15, 0.2) is 5.82 Å². The van der Waals surface area contributed by atoms with E-state index >= 15 is 0 Å². The number of thiophene rings is 1. The lowest BCUT2D eigenvalue weighted by atomic mass is 10.2. The minimum atomic E-state index is -0.376. The van der Waals surface area contributed by atoms with Gasteiger partial charge in [0, 0.05) is 37.3 Å². The number of halogens is 1. The number of pyridine rings is 1. The monoisotopic (exact) mass is 378 g/mol. The molecule has 25 heavy (non-hydrogen) atoms. The second kappa shape index (κ2) is 9.19. The summed E-state index contributed by atoms with van der Waals surface area (Å²) < 4.78 is 0. The molecule has 2 aromatic rings. The van der Waals surface area contributed by atoms with Crippen molar-refractivity contribution in [1.82, 2.24) is 15.2 Å². The molecule has 2 aromatic heterocycles. The number of allylic oxidation sites excluding steroid dienone is 1. The van der Waals surface area contributed by atoms with E-state index in [1.54, 1.807) is 25.4 Å². The average molecular weight is 379 g/mol. The Bertz CT molecular complexity index is 757. The molecule has 6 nitrogen and oxygen atoms in total. The molecule has 0 aromatic carbocycles. The number of nitrogens with zero attached hydrogens (tertiary/aromatic N) is 3. The van der Waals surface area contributed by atoms with Crippen molar-refractivity contribution in [2.24, 2.45) is 0 Å². The first-order chi connectivity index (χ1) is 12.0. The molecule has 1 N–H and O–H groups in total. The molecular weight excluding hydrogens is 360 g/mol. The highest BCUT2D eigenvalue weighted by Gasteiger charge is 2.20. The molecule has 0 saturated carbocycles. The van der Waals surface area contributed by atoms with Crippen LogP contribution in [0.3, 0.4) is 0 Å². The molecule has 0 aliphatic heterocycles. The van der Waals surface area contributed by atoms with E-state index in [1.807, 2.05) is 35.4 Å². The minimum absolute atomic E-state index is 0.0136. The zero-order valence-electron chi connectivity index (χ0n) is 14.0. The fraction of sp³-hybridized carbons (Fsp3) is 0.235. The molecule has 0 fully saturated rings. The van der Waals surface area contributed by atoms with Crippen molar-refractivity contribution in [2.45, 2.75) is 13.5 Å². The lowest BCUT2D eigenvalue weighted by Crippen LogP contribution is -2.32. The van der Waals surface area contributed by atoms with E-state index in [2.05, 4.69) is 10.3 Å². The molecule has 2 heterocycles. The van der Waals surface area contributed by atoms with Crippen LogP contribution in [0, 0.1) is 10.1 Å². The summed E-state index contributed by atoms with van der Waals surface area (Å²) in [6, 6.07) is 7.39. The standard InChI is InChI=1S/C17H19ClN4O2S/c1-3-21(12-13-6-9-16(18)20-11-13)17(19-2)15(22(23)24)8-7-14-5-4-10-25-14/h4-11,19H,3,12H2,1-2H3. The van der Waals surface area contributed by atoms with Gasteiger partial charge in [0.1, 0.15) is 5.15 Å². The molecule has 8 heteroatoms. The third kappa shape index (κ3) is 5.30. The van der Waals surface area contributed by atoms with Crippen LogP contribution in [0.25, 0.3) is 6.08 Å². The molecule has 0 radical (unpaired) electrons. The van der Waals surface area contributed by atoms with Gasteiger partial charge in [0.2, 0.25) is 0 Å². The Morgan fingerprint density at radius 1 is 1.48 bits per heavy atom. The Morgan fingerprint density at radius 2 is 2.28 bits per heavy atom. The van der Waals surface area contributed by atoms with E-state index in [0.717, 1.165) is 10.4 Å². The third-order valence-electron chi connectivity index (χ3n) is 3.48. The summed E-state index contributed by atoms with van der Waals surface area (Å²) in [6.45, 7) is 3.03. The van der Waals surface area contributed by atoms with Crippen molar-refractivity contribution >= 4 is 29.0 Å². The van der Waals surface area contributed by atoms with Gasteiger partial charge in [-0.25, -0.2) is 4.98 Å². The van der Waals surface area contributed by atoms with Crippen LogP contribution in [0.4, 0.5) is 0 Å². The van der Waals surface area contributed by atoms with E-state index in [1.165, 1.54) is 17.4 Å². The van der Waals surface area contributed by atoms with Gasteiger partial charge in [-0.1, -0.05) is 23.7 Å². The molecule has 132 valence electrons. The first kappa shape index (κ1) is 19.0. The second-order valence-electron chi connectivity index (χ2n) is 5.09. The molecule has 0 aliphatic carbocycles. The normalized spacial score (nSPS) is 12.1. The summed E-state index contributed by atoms with van der Waals surface area (Å²) in [5, 5.41) is 16.9. The number of nitrogens with one attached hydrogen (secondary N) is 1. The summed E-state index contributed by atoms with van der Waals surface area (Å²) in [7, 11) is 1.68. The lowest BCUT2D eigenvalue weighted by Gasteiger charge is -2.25. The maximum atomic E-state index is 11.6. The van der Waals surface area contributed by atoms with E-state index in [0.29, 0.717) is 24.1 Å². The maximum Gasteiger partial charge on any atom is 0.309 e. The molecule has 0 spiro atoms. The number of nitro groups is 1. The molecule has 0 aliphatic rings. The van der Waals surface area contributed by atoms with Crippen molar-refractivity contribution in [1.29, 1.82) is 0 Å². The largest absolute Gasteiger partial charge is 0.369 e. The van der Waals surface area contributed by atoms with Crippen LogP contribution in [-0.4, -0.2) is 28.4 Å². The molecule has 2 rings (SSSR count). The van der Waals surface area contributed by atoms with E-state index < -0.39 is 0 Å². The SMILES string of the molecule is CCN(Cc1ccc(Cl)nc1)C(NC)=C(C=Cc1cccs1)[N+](=O)[O-]. The fourth-order valence-electron chi connectivity index (χ4n) is 2.29. The van der Waals surface area contributed by atoms with E-state index in [4.69, 9.17) is 11.6 Å². The van der Waals surface area contributed by atoms with Gasteiger partial charge >= 0.3 is 5.70 Å². The van der Waals surface area contributed by atoms with Crippen LogP contribution >= 0.6 is 22.9 Å². The molecule has 0 bridgehead atoms. The Kier molecular flexibility index (Phi) is 6.97. The summed E-state index contributed by atoms with van der Waals surface area (Å²) in [5.74, 6) is 0.454. The minimum Gasteiger partial charge on any atom is -0.369 e. The number of hydrogen-bond acceptors (Lipinski definition) is 6. The summed E-state index contributed by atoms with van der Waals surface area (Å²) in [6.07, 6.45) is 4.95. The highest BCUT2D eigenvalue weighted by Crippen LogP contribution is 2.17. The van der Waals surface area contributed by atoms with Crippen LogP contribution in [0.5, 0.6) is 0 Å². The topological polar surface area (TPSA) is 71.3 Å². The van der Waals surface area contributed by atoms with Crippen LogP contribution in [0.2, 0.25) is 5.15 Å². The summed E-state index contributed by atoms with van der Waals surface area (Å²) in [5.41, 5.74) is 0.934. The molecule has 0 atom stereocenters. The third-order valence-corrected chi connectivity index (χ3v) is 4.55. The number of aromatic nitrogens is 1. The summed E-state index contributed by atoms with van der Waals surface area (Å²) in [4.78, 5) is 18.1. The van der Waals surface area contributed by atoms with Gasteiger partial charge < -0.3 is 10.2 Å². The predicted octanol–water partition coefficient (Wildman–Crippen LogP) is 4.00. The molecular formula is C17H19ClN4O2S. The van der Waals surface area contributed by atoms with Crippen molar-refractivity contribution < 1.29 is 4.92 Å². The first-order valence-electron chi connectivity index (χ1n) is 7.68. The molecule has 0 saturated heterocycles. The van der Waals surface area contributed by atoms with Gasteiger partial charge in [-0.3, -0.25) is 10.1 Å². The average Bonchev–Trinajstić information content (AvgIpc) is 3.12. The molecule has 0 unspecified atom stereocenters. The van der Waals surface area contributed by atoms with Crippen molar-refractivity contribution in [3.8, 4) is 0 Å². The van der Waals surface area contributed by atoms with Crippen LogP contribution < -0.4 is 5.32 Å². The smallest absolute Gasteiger partial charge is 0.309 e. The zero-order chi connectivity index (χ0) is 18.2. The lowest BCUT2D eigenvalue weighted by molar-refractivity contribution is -0.421. The van der Waals surface area contributed by atoms with Crippen molar-refractivity contribution in [2.75, 3.05) is 13.6 Å². The van der Waals surface area contributed by atoms with E-state index in [-0.39, 0.29) is 10.6 Å². The van der Waals surface area contributed by atoms with Gasteiger partial charge in [0.05, 0.1) is 4.92 Å². The highest BCUT2D eigenvalue weighted by atomic mass is 35.5. The Morgan fingerprint density at radius 3 is 2.80 bits per heavy atom. The Labute approximate surface area is 155 Å². The predicted molar refractivity (Wildman–Crippen MR) is 102 cm³/mol. The fourth-order valence-corrected chi connectivity index (χ4v) is 3.02. The Hall–Kier alpha value is -2.38. The van der Waals surface area contributed by atoms with Gasteiger partial charge in [-0.2, -0.15) is 0 Å². The zero-order valence-corrected chi connectivity index (χ0v) is 15.5. The van der Waals surface area contributed by atoms with Gasteiger partial charge in [-0.15, -0.1) is 11.3 Å². The van der Waals surface area contributed by atoms with Crippen LogP contribution in [0.1, 0.15) is 17.4 Å². The maximum absolute atomic E-state index is 11.6. The van der Waals surface area contributed by atoms with Crippen LogP contribution in [-0.2, 0) is 6.54 Å². The number of rotatable bonds is 8.